The molecule has 19 heavy (non-hydrogen) atoms. The summed E-state index contributed by atoms with van der Waals surface area (Å²) in [4.78, 5) is 47.0. The van der Waals surface area contributed by atoms with E-state index in [2.05, 4.69) is 10.6 Å². The molecule has 0 aromatic heterocycles. The van der Waals surface area contributed by atoms with Crippen LogP contribution in [0.1, 0.15) is 27.7 Å². The van der Waals surface area contributed by atoms with Crippen molar-refractivity contribution >= 4 is 23.6 Å². The molecule has 0 bridgehead atoms. The minimum Gasteiger partial charge on any atom is -0.339 e. The van der Waals surface area contributed by atoms with Gasteiger partial charge in [0.25, 0.3) is 0 Å². The Hall–Kier alpha value is -2.12. The molecule has 2 N–H and O–H groups in total. The molecule has 0 aliphatic heterocycles. The third kappa shape index (κ3) is 7.74. The lowest BCUT2D eigenvalue weighted by atomic mass is 10.5. The third-order valence-electron chi connectivity index (χ3n) is 2.27. The fraction of sp³-hybridized carbons (Fsp3) is 0.636. The molecular formula is C11H20N4O4. The molecule has 0 aromatic rings. The summed E-state index contributed by atoms with van der Waals surface area (Å²) in [6.45, 7) is 5.34. The number of nitrogens with zero attached hydrogens (tertiary/aromatic N) is 2. The summed E-state index contributed by atoms with van der Waals surface area (Å²) in [6.07, 6.45) is 0. The van der Waals surface area contributed by atoms with Gasteiger partial charge in [0.05, 0.1) is 20.0 Å². The molecule has 8 heteroatoms. The molecule has 0 radical (unpaired) electrons. The van der Waals surface area contributed by atoms with Crippen LogP contribution in [0, 0.1) is 0 Å². The standard InChI is InChI=1S/C11H20N4O4/c1-8(16)12-5-14(10(3)18)7-15(11(4)19)6-13-9(2)17/h5-7H2,1-4H3,(H,12,16)(H,13,17). The van der Waals surface area contributed by atoms with Crippen LogP contribution in [0.5, 0.6) is 0 Å². The van der Waals surface area contributed by atoms with Crippen molar-refractivity contribution in [1.82, 2.24) is 20.4 Å². The molecular weight excluding hydrogens is 252 g/mol. The van der Waals surface area contributed by atoms with Gasteiger partial charge in [0.15, 0.2) is 0 Å². The Morgan fingerprint density at radius 3 is 1.26 bits per heavy atom. The Kier molecular flexibility index (Phi) is 7.16. The number of rotatable bonds is 6. The maximum absolute atomic E-state index is 11.4. The molecule has 0 saturated heterocycles. The maximum Gasteiger partial charge on any atom is 0.222 e. The van der Waals surface area contributed by atoms with E-state index in [-0.39, 0.29) is 43.6 Å². The average molecular weight is 272 g/mol. The highest BCUT2D eigenvalue weighted by Gasteiger charge is 2.16. The second kappa shape index (κ2) is 8.06. The van der Waals surface area contributed by atoms with Crippen molar-refractivity contribution in [3.8, 4) is 0 Å². The lowest BCUT2D eigenvalue weighted by Gasteiger charge is -2.29. The number of hydrogen-bond acceptors (Lipinski definition) is 4. The van der Waals surface area contributed by atoms with E-state index in [0.717, 1.165) is 0 Å². The van der Waals surface area contributed by atoms with E-state index in [1.165, 1.54) is 37.5 Å². The quantitative estimate of drug-likeness (QED) is 0.595. The van der Waals surface area contributed by atoms with Gasteiger partial charge in [-0.25, -0.2) is 0 Å². The lowest BCUT2D eigenvalue weighted by molar-refractivity contribution is -0.138. The summed E-state index contributed by atoms with van der Waals surface area (Å²) in [6, 6.07) is 0. The van der Waals surface area contributed by atoms with E-state index in [4.69, 9.17) is 0 Å². The summed E-state index contributed by atoms with van der Waals surface area (Å²) in [7, 11) is 0. The van der Waals surface area contributed by atoms with Crippen molar-refractivity contribution in [3.63, 3.8) is 0 Å². The predicted molar refractivity (Wildman–Crippen MR) is 67.3 cm³/mol. The molecule has 0 saturated carbocycles. The number of carbonyl (C=O) groups excluding carboxylic acids is 4. The van der Waals surface area contributed by atoms with Gasteiger partial charge in [-0.05, 0) is 0 Å². The summed E-state index contributed by atoms with van der Waals surface area (Å²) in [5, 5.41) is 4.95. The van der Waals surface area contributed by atoms with Gasteiger partial charge in [-0.3, -0.25) is 19.2 Å². The average Bonchev–Trinajstić information content (AvgIpc) is 2.26. The third-order valence-corrected chi connectivity index (χ3v) is 2.27. The molecule has 0 fully saturated rings. The van der Waals surface area contributed by atoms with E-state index in [1.807, 2.05) is 0 Å². The number of nitrogens with one attached hydrogen (secondary N) is 2. The van der Waals surface area contributed by atoms with Crippen molar-refractivity contribution in [2.75, 3.05) is 20.0 Å². The predicted octanol–water partition coefficient (Wildman–Crippen LogP) is -1.17. The molecule has 0 aliphatic rings. The van der Waals surface area contributed by atoms with Crippen LogP contribution in [0.2, 0.25) is 0 Å². The van der Waals surface area contributed by atoms with E-state index >= 15 is 0 Å². The van der Waals surface area contributed by atoms with Gasteiger partial charge >= 0.3 is 0 Å². The normalized spacial score (nSPS) is 9.47. The first kappa shape index (κ1) is 16.9. The van der Waals surface area contributed by atoms with Crippen LogP contribution in [-0.4, -0.2) is 53.4 Å². The summed E-state index contributed by atoms with van der Waals surface area (Å²) >= 11 is 0. The zero-order valence-corrected chi connectivity index (χ0v) is 11.6. The minimum atomic E-state index is -0.289. The lowest BCUT2D eigenvalue weighted by Crippen LogP contribution is -2.50. The van der Waals surface area contributed by atoms with Crippen LogP contribution in [-0.2, 0) is 19.2 Å². The smallest absolute Gasteiger partial charge is 0.222 e. The minimum absolute atomic E-state index is 0.00845. The van der Waals surface area contributed by atoms with Crippen LogP contribution in [0.3, 0.4) is 0 Å². The van der Waals surface area contributed by atoms with Crippen molar-refractivity contribution in [1.29, 1.82) is 0 Å². The highest BCUT2D eigenvalue weighted by Crippen LogP contribution is 1.95. The zero-order valence-electron chi connectivity index (χ0n) is 11.6. The van der Waals surface area contributed by atoms with Crippen molar-refractivity contribution in [2.45, 2.75) is 27.7 Å². The van der Waals surface area contributed by atoms with Crippen molar-refractivity contribution in [2.24, 2.45) is 0 Å². The van der Waals surface area contributed by atoms with E-state index in [9.17, 15) is 19.2 Å². The number of amides is 4. The Balaban J connectivity index is 4.56. The van der Waals surface area contributed by atoms with Crippen LogP contribution in [0.25, 0.3) is 0 Å². The van der Waals surface area contributed by atoms with Gasteiger partial charge in [0, 0.05) is 27.7 Å². The van der Waals surface area contributed by atoms with Crippen molar-refractivity contribution < 1.29 is 19.2 Å². The Bertz CT molecular complexity index is 336. The van der Waals surface area contributed by atoms with Crippen LogP contribution < -0.4 is 10.6 Å². The molecule has 108 valence electrons. The topological polar surface area (TPSA) is 98.8 Å². The Morgan fingerprint density at radius 2 is 1.05 bits per heavy atom. The SMILES string of the molecule is CC(=O)NCN(CN(CNC(C)=O)C(C)=O)C(C)=O. The first-order chi connectivity index (χ1) is 8.73. The van der Waals surface area contributed by atoms with Gasteiger partial charge in [0.2, 0.25) is 23.6 Å². The van der Waals surface area contributed by atoms with Gasteiger partial charge in [-0.1, -0.05) is 0 Å². The first-order valence-electron chi connectivity index (χ1n) is 5.74. The van der Waals surface area contributed by atoms with Gasteiger partial charge in [0.1, 0.15) is 0 Å². The zero-order chi connectivity index (χ0) is 15.0. The molecule has 4 amide bonds. The molecule has 0 atom stereocenters. The molecule has 0 spiro atoms. The second-order valence-corrected chi connectivity index (χ2v) is 4.04. The summed E-state index contributed by atoms with van der Waals surface area (Å²) in [5.74, 6) is -1.13. The van der Waals surface area contributed by atoms with Gasteiger partial charge in [-0.2, -0.15) is 0 Å². The van der Waals surface area contributed by atoms with Gasteiger partial charge < -0.3 is 20.4 Å². The molecule has 0 rings (SSSR count). The van der Waals surface area contributed by atoms with E-state index in [1.54, 1.807) is 0 Å². The number of hydrogen-bond donors (Lipinski definition) is 2. The van der Waals surface area contributed by atoms with Crippen LogP contribution in [0.15, 0.2) is 0 Å². The Labute approximate surface area is 112 Å². The highest BCUT2D eigenvalue weighted by atomic mass is 16.2. The van der Waals surface area contributed by atoms with Crippen molar-refractivity contribution in [3.05, 3.63) is 0 Å². The monoisotopic (exact) mass is 272 g/mol. The fourth-order valence-corrected chi connectivity index (χ4v) is 1.14. The summed E-state index contributed by atoms with van der Waals surface area (Å²) in [5.41, 5.74) is 0. The largest absolute Gasteiger partial charge is 0.339 e. The fourth-order valence-electron chi connectivity index (χ4n) is 1.14. The molecule has 0 unspecified atom stereocenters. The highest BCUT2D eigenvalue weighted by molar-refractivity contribution is 5.78. The molecule has 0 heterocycles. The maximum atomic E-state index is 11.4. The van der Waals surface area contributed by atoms with E-state index < -0.39 is 0 Å². The van der Waals surface area contributed by atoms with E-state index in [0.29, 0.717) is 0 Å². The molecule has 8 nitrogen and oxygen atoms in total. The second-order valence-electron chi connectivity index (χ2n) is 4.04. The Morgan fingerprint density at radius 1 is 0.737 bits per heavy atom. The molecule has 0 aliphatic carbocycles. The van der Waals surface area contributed by atoms with Crippen LogP contribution >= 0.6 is 0 Å². The van der Waals surface area contributed by atoms with Crippen LogP contribution in [0.4, 0.5) is 0 Å². The first-order valence-corrected chi connectivity index (χ1v) is 5.74. The number of carbonyl (C=O) groups is 4. The summed E-state index contributed by atoms with van der Waals surface area (Å²) < 4.78 is 0. The molecule has 0 aromatic carbocycles. The van der Waals surface area contributed by atoms with Gasteiger partial charge in [-0.15, -0.1) is 0 Å².